The maximum Gasteiger partial charge on any atom is 0.253 e. The van der Waals surface area contributed by atoms with Crippen molar-refractivity contribution in [2.24, 2.45) is 0 Å². The third-order valence-electron chi connectivity index (χ3n) is 1.79. The first-order chi connectivity index (χ1) is 5.72. The van der Waals surface area contributed by atoms with Crippen LogP contribution in [0.4, 0.5) is 0 Å². The van der Waals surface area contributed by atoms with Gasteiger partial charge in [-0.05, 0) is 12.8 Å². The van der Waals surface area contributed by atoms with E-state index in [1.165, 1.54) is 0 Å². The van der Waals surface area contributed by atoms with Crippen molar-refractivity contribution in [2.45, 2.75) is 39.5 Å². The molecule has 0 fully saturated rings. The molecule has 0 saturated heterocycles. The summed E-state index contributed by atoms with van der Waals surface area (Å²) in [5, 5.41) is 0. The smallest absolute Gasteiger partial charge is 0.253 e. The third-order valence-corrected chi connectivity index (χ3v) is 2.70. The minimum Gasteiger partial charge on any atom is -0.338 e. The van der Waals surface area contributed by atoms with Crippen LogP contribution in [-0.4, -0.2) is 27.5 Å². The summed E-state index contributed by atoms with van der Waals surface area (Å²) in [4.78, 5) is 18.0. The molecular weight excluding hydrogens is 173 g/mol. The summed E-state index contributed by atoms with van der Waals surface area (Å²) in [6.45, 7) is 5.84. The maximum atomic E-state index is 9.01. The molecule has 4 heteroatoms. The molecule has 0 aliphatic carbocycles. The van der Waals surface area contributed by atoms with Crippen LogP contribution in [0.15, 0.2) is 0 Å². The van der Waals surface area contributed by atoms with Gasteiger partial charge in [-0.25, -0.2) is 4.67 Å². The third kappa shape index (κ3) is 5.90. The van der Waals surface area contributed by atoms with Gasteiger partial charge in [-0.3, -0.25) is 0 Å². The average Bonchev–Trinajstić information content (AvgIpc) is 2.04. The Morgan fingerprint density at radius 1 is 1.00 bits per heavy atom. The molecular formula is C8H20NO2P. The summed E-state index contributed by atoms with van der Waals surface area (Å²) in [6, 6.07) is 0. The van der Waals surface area contributed by atoms with Gasteiger partial charge in [0.05, 0.1) is 0 Å². The highest BCUT2D eigenvalue weighted by Crippen LogP contribution is 2.30. The first-order valence-corrected chi connectivity index (χ1v) is 5.85. The SMILES string of the molecule is CCCCN(CCCC)P(O)O. The second-order valence-corrected chi connectivity index (χ2v) is 4.03. The van der Waals surface area contributed by atoms with E-state index in [4.69, 9.17) is 9.79 Å². The van der Waals surface area contributed by atoms with Crippen molar-refractivity contribution in [3.63, 3.8) is 0 Å². The van der Waals surface area contributed by atoms with Gasteiger partial charge in [-0.1, -0.05) is 26.7 Å². The molecule has 0 unspecified atom stereocenters. The van der Waals surface area contributed by atoms with Crippen LogP contribution < -0.4 is 0 Å². The van der Waals surface area contributed by atoms with E-state index in [0.717, 1.165) is 38.8 Å². The van der Waals surface area contributed by atoms with Crippen molar-refractivity contribution in [2.75, 3.05) is 13.1 Å². The highest BCUT2D eigenvalue weighted by molar-refractivity contribution is 7.42. The van der Waals surface area contributed by atoms with Crippen molar-refractivity contribution in [3.8, 4) is 0 Å². The second kappa shape index (κ2) is 7.93. The lowest BCUT2D eigenvalue weighted by molar-refractivity contribution is 0.331. The van der Waals surface area contributed by atoms with Crippen molar-refractivity contribution < 1.29 is 9.79 Å². The van der Waals surface area contributed by atoms with Crippen molar-refractivity contribution in [1.29, 1.82) is 0 Å². The van der Waals surface area contributed by atoms with Crippen LogP contribution in [0, 0.1) is 0 Å². The number of rotatable bonds is 7. The lowest BCUT2D eigenvalue weighted by Crippen LogP contribution is -2.20. The molecule has 2 N–H and O–H groups in total. The fourth-order valence-corrected chi connectivity index (χ4v) is 1.61. The topological polar surface area (TPSA) is 43.7 Å². The van der Waals surface area contributed by atoms with E-state index in [2.05, 4.69) is 13.8 Å². The summed E-state index contributed by atoms with van der Waals surface area (Å²) in [6.07, 6.45) is 4.30. The van der Waals surface area contributed by atoms with E-state index in [1.807, 2.05) is 0 Å². The van der Waals surface area contributed by atoms with Crippen LogP contribution in [0.1, 0.15) is 39.5 Å². The molecule has 12 heavy (non-hydrogen) atoms. The normalized spacial score (nSPS) is 11.5. The quantitative estimate of drug-likeness (QED) is 0.608. The Bertz CT molecular complexity index is 93.1. The van der Waals surface area contributed by atoms with Crippen molar-refractivity contribution >= 4 is 8.53 Å². The molecule has 0 aliphatic heterocycles. The van der Waals surface area contributed by atoms with Gasteiger partial charge in [0.25, 0.3) is 8.53 Å². The highest BCUT2D eigenvalue weighted by Gasteiger charge is 2.11. The molecule has 74 valence electrons. The van der Waals surface area contributed by atoms with Crippen LogP contribution in [0.2, 0.25) is 0 Å². The molecule has 0 radical (unpaired) electrons. The Labute approximate surface area is 76.4 Å². The van der Waals surface area contributed by atoms with E-state index in [9.17, 15) is 0 Å². The minimum absolute atomic E-state index is 0.815. The Balaban J connectivity index is 3.55. The first kappa shape index (κ1) is 12.3. The van der Waals surface area contributed by atoms with Crippen molar-refractivity contribution in [3.05, 3.63) is 0 Å². The Kier molecular flexibility index (Phi) is 8.14. The molecule has 3 nitrogen and oxygen atoms in total. The van der Waals surface area contributed by atoms with Gasteiger partial charge in [0.2, 0.25) is 0 Å². The van der Waals surface area contributed by atoms with Gasteiger partial charge in [-0.2, -0.15) is 0 Å². The van der Waals surface area contributed by atoms with Gasteiger partial charge in [-0.15, -0.1) is 0 Å². The molecule has 0 atom stereocenters. The van der Waals surface area contributed by atoms with Crippen molar-refractivity contribution in [1.82, 2.24) is 4.67 Å². The van der Waals surface area contributed by atoms with Gasteiger partial charge in [0.15, 0.2) is 0 Å². The van der Waals surface area contributed by atoms with E-state index in [-0.39, 0.29) is 0 Å². The number of nitrogens with zero attached hydrogens (tertiary/aromatic N) is 1. The van der Waals surface area contributed by atoms with E-state index in [0.29, 0.717) is 0 Å². The molecule has 0 heterocycles. The predicted octanol–water partition coefficient (Wildman–Crippen LogP) is 2.10. The largest absolute Gasteiger partial charge is 0.338 e. The molecule has 0 amide bonds. The summed E-state index contributed by atoms with van der Waals surface area (Å²) in [5.41, 5.74) is 0. The van der Waals surface area contributed by atoms with Gasteiger partial charge in [0, 0.05) is 13.1 Å². The fourth-order valence-electron chi connectivity index (χ4n) is 0.972. The summed E-state index contributed by atoms with van der Waals surface area (Å²) >= 11 is 0. The molecule has 0 aromatic carbocycles. The van der Waals surface area contributed by atoms with E-state index < -0.39 is 8.53 Å². The highest BCUT2D eigenvalue weighted by atomic mass is 31.2. The molecule has 0 aromatic rings. The monoisotopic (exact) mass is 193 g/mol. The zero-order valence-electron chi connectivity index (χ0n) is 8.03. The standard InChI is InChI=1S/C8H20NO2P/c1-3-5-7-9(12(10)11)8-6-4-2/h10-11H,3-8H2,1-2H3. The molecule has 0 rings (SSSR count). The van der Waals surface area contributed by atoms with Gasteiger partial charge in [0.1, 0.15) is 0 Å². The maximum absolute atomic E-state index is 9.01. The summed E-state index contributed by atoms with van der Waals surface area (Å²) in [7, 11) is -1.85. The Morgan fingerprint density at radius 3 is 1.67 bits per heavy atom. The fraction of sp³-hybridized carbons (Fsp3) is 1.00. The zero-order chi connectivity index (χ0) is 9.40. The molecule has 0 saturated carbocycles. The van der Waals surface area contributed by atoms with Gasteiger partial charge >= 0.3 is 0 Å². The molecule has 0 aliphatic rings. The molecule has 0 spiro atoms. The Morgan fingerprint density at radius 2 is 1.42 bits per heavy atom. The summed E-state index contributed by atoms with van der Waals surface area (Å²) < 4.78 is 1.77. The first-order valence-electron chi connectivity index (χ1n) is 4.65. The lowest BCUT2D eigenvalue weighted by Gasteiger charge is -2.21. The minimum atomic E-state index is -1.85. The van der Waals surface area contributed by atoms with Crippen LogP contribution in [0.5, 0.6) is 0 Å². The average molecular weight is 193 g/mol. The predicted molar refractivity (Wildman–Crippen MR) is 52.7 cm³/mol. The molecule has 0 aromatic heterocycles. The number of hydrogen-bond donors (Lipinski definition) is 2. The van der Waals surface area contributed by atoms with Crippen LogP contribution >= 0.6 is 8.53 Å². The van der Waals surface area contributed by atoms with E-state index >= 15 is 0 Å². The number of hydrogen-bond acceptors (Lipinski definition) is 3. The Hall–Kier alpha value is 0.310. The summed E-state index contributed by atoms with van der Waals surface area (Å²) in [5.74, 6) is 0. The van der Waals surface area contributed by atoms with Crippen LogP contribution in [-0.2, 0) is 0 Å². The zero-order valence-corrected chi connectivity index (χ0v) is 8.93. The van der Waals surface area contributed by atoms with E-state index in [1.54, 1.807) is 4.67 Å². The van der Waals surface area contributed by atoms with Crippen LogP contribution in [0.25, 0.3) is 0 Å². The second-order valence-electron chi connectivity index (χ2n) is 2.93. The number of unbranched alkanes of at least 4 members (excludes halogenated alkanes) is 2. The van der Waals surface area contributed by atoms with Crippen LogP contribution in [0.3, 0.4) is 0 Å². The molecule has 0 bridgehead atoms. The lowest BCUT2D eigenvalue weighted by atomic mass is 10.3. The van der Waals surface area contributed by atoms with Gasteiger partial charge < -0.3 is 9.79 Å².